The van der Waals surface area contributed by atoms with Gasteiger partial charge in [0.2, 0.25) is 0 Å². The Bertz CT molecular complexity index is 409. The first kappa shape index (κ1) is 7.87. The Hall–Kier alpha value is -1.76. The van der Waals surface area contributed by atoms with E-state index in [9.17, 15) is 9.50 Å². The van der Waals surface area contributed by atoms with Gasteiger partial charge in [-0.2, -0.15) is 5.26 Å². The molecule has 0 aliphatic carbocycles. The summed E-state index contributed by atoms with van der Waals surface area (Å²) < 4.78 is 18.1. The van der Waals surface area contributed by atoms with E-state index in [0.29, 0.717) is 18.6 Å². The lowest BCUT2D eigenvalue weighted by molar-refractivity contribution is 0.354. The highest BCUT2D eigenvalue weighted by atomic mass is 19.1. The van der Waals surface area contributed by atoms with Crippen molar-refractivity contribution in [3.63, 3.8) is 0 Å². The van der Waals surface area contributed by atoms with E-state index < -0.39 is 5.82 Å². The molecule has 3 nitrogen and oxygen atoms in total. The quantitative estimate of drug-likeness (QED) is 0.653. The van der Waals surface area contributed by atoms with Gasteiger partial charge in [0, 0.05) is 18.1 Å². The average molecular weight is 179 g/mol. The van der Waals surface area contributed by atoms with Gasteiger partial charge in [0.1, 0.15) is 28.9 Å². The SMILES string of the molecule is N#Cc1c(F)cc(O)c2c1OCC2. The van der Waals surface area contributed by atoms with Crippen LogP contribution in [0.25, 0.3) is 0 Å². The highest BCUT2D eigenvalue weighted by Crippen LogP contribution is 2.37. The van der Waals surface area contributed by atoms with Crippen LogP contribution in [0.4, 0.5) is 4.39 Å². The number of phenolic OH excluding ortho intramolecular Hbond substituents is 1. The Labute approximate surface area is 74.0 Å². The topological polar surface area (TPSA) is 53.2 Å². The summed E-state index contributed by atoms with van der Waals surface area (Å²) in [6.07, 6.45) is 0.524. The summed E-state index contributed by atoms with van der Waals surface area (Å²) in [6, 6.07) is 2.66. The molecule has 0 spiro atoms. The van der Waals surface area contributed by atoms with Crippen molar-refractivity contribution < 1.29 is 14.2 Å². The molecule has 0 atom stereocenters. The molecule has 0 bridgehead atoms. The summed E-state index contributed by atoms with van der Waals surface area (Å²) in [4.78, 5) is 0. The molecule has 4 heteroatoms. The van der Waals surface area contributed by atoms with E-state index in [1.54, 1.807) is 6.07 Å². The van der Waals surface area contributed by atoms with Gasteiger partial charge in [0.05, 0.1) is 6.61 Å². The van der Waals surface area contributed by atoms with Gasteiger partial charge in [0.25, 0.3) is 0 Å². The normalized spacial score (nSPS) is 13.2. The van der Waals surface area contributed by atoms with Gasteiger partial charge < -0.3 is 9.84 Å². The van der Waals surface area contributed by atoms with E-state index in [0.717, 1.165) is 6.07 Å². The third kappa shape index (κ3) is 1.01. The highest BCUT2D eigenvalue weighted by Gasteiger charge is 2.23. The maximum absolute atomic E-state index is 13.0. The van der Waals surface area contributed by atoms with Crippen LogP contribution in [-0.4, -0.2) is 11.7 Å². The molecule has 1 heterocycles. The van der Waals surface area contributed by atoms with E-state index in [-0.39, 0.29) is 17.1 Å². The number of ether oxygens (including phenoxy) is 1. The molecule has 1 aromatic carbocycles. The van der Waals surface area contributed by atoms with Crippen molar-refractivity contribution in [3.8, 4) is 17.6 Å². The lowest BCUT2D eigenvalue weighted by atomic mass is 10.1. The fourth-order valence-corrected chi connectivity index (χ4v) is 1.42. The van der Waals surface area contributed by atoms with Crippen LogP contribution in [0.1, 0.15) is 11.1 Å². The van der Waals surface area contributed by atoms with Gasteiger partial charge in [-0.05, 0) is 0 Å². The van der Waals surface area contributed by atoms with Gasteiger partial charge in [-0.15, -0.1) is 0 Å². The molecule has 1 aliphatic rings. The van der Waals surface area contributed by atoms with E-state index in [1.165, 1.54) is 0 Å². The van der Waals surface area contributed by atoms with Crippen LogP contribution in [0.3, 0.4) is 0 Å². The number of hydrogen-bond donors (Lipinski definition) is 1. The van der Waals surface area contributed by atoms with Crippen LogP contribution >= 0.6 is 0 Å². The zero-order valence-electron chi connectivity index (χ0n) is 6.67. The summed E-state index contributed by atoms with van der Waals surface area (Å²) >= 11 is 0. The van der Waals surface area contributed by atoms with Crippen LogP contribution in [0.5, 0.6) is 11.5 Å². The molecule has 0 saturated carbocycles. The summed E-state index contributed by atoms with van der Waals surface area (Å²) in [5.41, 5.74) is 0.406. The molecule has 0 fully saturated rings. The van der Waals surface area contributed by atoms with Crippen LogP contribution < -0.4 is 4.74 Å². The predicted molar refractivity (Wildman–Crippen MR) is 42.0 cm³/mol. The second kappa shape index (κ2) is 2.63. The van der Waals surface area contributed by atoms with Crippen molar-refractivity contribution in [1.29, 1.82) is 5.26 Å². The van der Waals surface area contributed by atoms with Gasteiger partial charge in [0.15, 0.2) is 0 Å². The average Bonchev–Trinajstić information content (AvgIpc) is 2.53. The van der Waals surface area contributed by atoms with Gasteiger partial charge in [-0.25, -0.2) is 4.39 Å². The number of fused-ring (bicyclic) bond motifs is 1. The number of nitriles is 1. The molecule has 0 aromatic heterocycles. The Kier molecular flexibility index (Phi) is 1.59. The molecular formula is C9H6FNO2. The van der Waals surface area contributed by atoms with Crippen LogP contribution in [0.15, 0.2) is 6.07 Å². The van der Waals surface area contributed by atoms with Crippen LogP contribution in [-0.2, 0) is 6.42 Å². The number of benzene rings is 1. The maximum Gasteiger partial charge on any atom is 0.148 e. The number of nitrogens with zero attached hydrogens (tertiary/aromatic N) is 1. The van der Waals surface area contributed by atoms with Crippen LogP contribution in [0.2, 0.25) is 0 Å². The molecule has 66 valence electrons. The molecule has 0 radical (unpaired) electrons. The summed E-state index contributed by atoms with van der Waals surface area (Å²) in [6.45, 7) is 0.390. The first-order valence-electron chi connectivity index (χ1n) is 3.81. The van der Waals surface area contributed by atoms with Crippen molar-refractivity contribution in [3.05, 3.63) is 23.0 Å². The minimum Gasteiger partial charge on any atom is -0.507 e. The van der Waals surface area contributed by atoms with Gasteiger partial charge in [-0.3, -0.25) is 0 Å². The molecule has 1 aliphatic heterocycles. The van der Waals surface area contributed by atoms with E-state index in [1.807, 2.05) is 0 Å². The number of halogens is 1. The molecule has 1 N–H and O–H groups in total. The number of rotatable bonds is 0. The molecule has 0 unspecified atom stereocenters. The molecule has 0 amide bonds. The third-order valence-electron chi connectivity index (χ3n) is 2.02. The minimum absolute atomic E-state index is 0.120. The Morgan fingerprint density at radius 1 is 1.62 bits per heavy atom. The molecule has 0 saturated heterocycles. The Morgan fingerprint density at radius 2 is 2.38 bits per heavy atom. The minimum atomic E-state index is -0.736. The number of hydrogen-bond acceptors (Lipinski definition) is 3. The lowest BCUT2D eigenvalue weighted by Gasteiger charge is -2.03. The van der Waals surface area contributed by atoms with Crippen molar-refractivity contribution in [2.24, 2.45) is 0 Å². The molecule has 2 rings (SSSR count). The molecule has 1 aromatic rings. The number of phenols is 1. The smallest absolute Gasteiger partial charge is 0.148 e. The van der Waals surface area contributed by atoms with Gasteiger partial charge >= 0.3 is 0 Å². The Balaban J connectivity index is 2.74. The first-order chi connectivity index (χ1) is 6.24. The highest BCUT2D eigenvalue weighted by molar-refractivity contribution is 5.56. The predicted octanol–water partition coefficient (Wildman–Crippen LogP) is 1.34. The summed E-state index contributed by atoms with van der Waals surface area (Å²) in [5.74, 6) is -0.676. The zero-order valence-corrected chi connectivity index (χ0v) is 6.67. The standard InChI is InChI=1S/C9H6FNO2/c10-7-3-8(12)5-1-2-13-9(5)6(7)4-11/h3,12H,1-2H2. The fraction of sp³-hybridized carbons (Fsp3) is 0.222. The summed E-state index contributed by atoms with van der Waals surface area (Å²) in [5, 5.41) is 17.9. The second-order valence-electron chi connectivity index (χ2n) is 2.77. The van der Waals surface area contributed by atoms with Crippen molar-refractivity contribution in [2.75, 3.05) is 6.61 Å². The second-order valence-corrected chi connectivity index (χ2v) is 2.77. The fourth-order valence-electron chi connectivity index (χ4n) is 1.42. The zero-order chi connectivity index (χ0) is 9.42. The van der Waals surface area contributed by atoms with E-state index >= 15 is 0 Å². The molecular weight excluding hydrogens is 173 g/mol. The monoisotopic (exact) mass is 179 g/mol. The van der Waals surface area contributed by atoms with E-state index in [4.69, 9.17) is 10.00 Å². The summed E-state index contributed by atoms with van der Waals surface area (Å²) in [7, 11) is 0. The van der Waals surface area contributed by atoms with Crippen molar-refractivity contribution in [2.45, 2.75) is 6.42 Å². The Morgan fingerprint density at radius 3 is 3.08 bits per heavy atom. The third-order valence-corrected chi connectivity index (χ3v) is 2.02. The van der Waals surface area contributed by atoms with Gasteiger partial charge in [-0.1, -0.05) is 0 Å². The molecule has 13 heavy (non-hydrogen) atoms. The number of aromatic hydroxyl groups is 1. The van der Waals surface area contributed by atoms with E-state index in [2.05, 4.69) is 0 Å². The van der Waals surface area contributed by atoms with Crippen molar-refractivity contribution in [1.82, 2.24) is 0 Å². The van der Waals surface area contributed by atoms with Crippen molar-refractivity contribution >= 4 is 0 Å². The first-order valence-corrected chi connectivity index (χ1v) is 3.81. The lowest BCUT2D eigenvalue weighted by Crippen LogP contribution is -1.91. The van der Waals surface area contributed by atoms with Crippen LogP contribution in [0, 0.1) is 17.1 Å². The largest absolute Gasteiger partial charge is 0.507 e. The maximum atomic E-state index is 13.0.